The molecule has 0 aliphatic carbocycles. The Morgan fingerprint density at radius 3 is 2.58 bits per heavy atom. The van der Waals surface area contributed by atoms with Gasteiger partial charge in [-0.1, -0.05) is 19.9 Å². The van der Waals surface area contributed by atoms with Gasteiger partial charge in [-0.05, 0) is 43.0 Å². The van der Waals surface area contributed by atoms with Crippen LogP contribution in [-0.2, 0) is 4.79 Å². The first kappa shape index (κ1) is 15.5. The van der Waals surface area contributed by atoms with Crippen LogP contribution in [0.1, 0.15) is 38.0 Å². The van der Waals surface area contributed by atoms with Crippen molar-refractivity contribution in [2.75, 3.05) is 13.2 Å². The van der Waals surface area contributed by atoms with Gasteiger partial charge >= 0.3 is 0 Å². The molecule has 1 aromatic carbocycles. The molecule has 4 nitrogen and oxygen atoms in total. The number of hydrogen-bond acceptors (Lipinski definition) is 3. The van der Waals surface area contributed by atoms with Crippen LogP contribution in [0, 0.1) is 12.8 Å². The van der Waals surface area contributed by atoms with Crippen LogP contribution in [0.5, 0.6) is 5.75 Å². The summed E-state index contributed by atoms with van der Waals surface area (Å²) < 4.78 is 5.47. The second-order valence-electron chi connectivity index (χ2n) is 5.19. The highest BCUT2D eigenvalue weighted by molar-refractivity contribution is 5.77. The fourth-order valence-corrected chi connectivity index (χ4v) is 1.61. The van der Waals surface area contributed by atoms with Crippen molar-refractivity contribution in [3.63, 3.8) is 0 Å². The van der Waals surface area contributed by atoms with Crippen molar-refractivity contribution in [3.05, 3.63) is 29.3 Å². The summed E-state index contributed by atoms with van der Waals surface area (Å²) in [5.74, 6) is 0.979. The number of nitrogens with one attached hydrogen (secondary N) is 1. The van der Waals surface area contributed by atoms with Gasteiger partial charge in [0.05, 0.1) is 6.10 Å². The molecule has 0 aliphatic rings. The highest BCUT2D eigenvalue weighted by atomic mass is 16.5. The molecule has 0 fully saturated rings. The Balaban J connectivity index is 2.51. The lowest BCUT2D eigenvalue weighted by molar-refractivity contribution is -0.123. The average molecular weight is 265 g/mol. The first-order valence-corrected chi connectivity index (χ1v) is 6.58. The van der Waals surface area contributed by atoms with Crippen molar-refractivity contribution < 1.29 is 14.6 Å². The molecule has 19 heavy (non-hydrogen) atoms. The van der Waals surface area contributed by atoms with Crippen LogP contribution in [0.3, 0.4) is 0 Å². The van der Waals surface area contributed by atoms with E-state index in [-0.39, 0.29) is 12.5 Å². The topological polar surface area (TPSA) is 58.6 Å². The van der Waals surface area contributed by atoms with Gasteiger partial charge in [-0.15, -0.1) is 0 Å². The van der Waals surface area contributed by atoms with Crippen LogP contribution < -0.4 is 10.1 Å². The molecule has 0 bridgehead atoms. The first-order chi connectivity index (χ1) is 8.90. The summed E-state index contributed by atoms with van der Waals surface area (Å²) in [6, 6.07) is 5.46. The third-order valence-electron chi connectivity index (χ3n) is 2.75. The van der Waals surface area contributed by atoms with Crippen molar-refractivity contribution in [3.8, 4) is 5.75 Å². The first-order valence-electron chi connectivity index (χ1n) is 6.58. The van der Waals surface area contributed by atoms with Gasteiger partial charge in [-0.2, -0.15) is 0 Å². The van der Waals surface area contributed by atoms with Crippen LogP contribution in [0.25, 0.3) is 0 Å². The maximum Gasteiger partial charge on any atom is 0.257 e. The molecule has 1 amide bonds. The number of carbonyl (C=O) groups excluding carboxylic acids is 1. The van der Waals surface area contributed by atoms with Crippen molar-refractivity contribution in [2.24, 2.45) is 5.92 Å². The van der Waals surface area contributed by atoms with E-state index in [1.54, 1.807) is 19.1 Å². The molecule has 1 aromatic rings. The minimum atomic E-state index is -0.498. The Hall–Kier alpha value is -1.55. The van der Waals surface area contributed by atoms with Crippen LogP contribution >= 0.6 is 0 Å². The second-order valence-corrected chi connectivity index (χ2v) is 5.19. The number of amides is 1. The molecule has 0 saturated carbocycles. The zero-order chi connectivity index (χ0) is 14.4. The van der Waals surface area contributed by atoms with Gasteiger partial charge in [0.15, 0.2) is 6.61 Å². The predicted molar refractivity (Wildman–Crippen MR) is 75.2 cm³/mol. The summed E-state index contributed by atoms with van der Waals surface area (Å²) in [5.41, 5.74) is 1.75. The number of rotatable bonds is 6. The quantitative estimate of drug-likeness (QED) is 0.829. The molecule has 0 heterocycles. The van der Waals surface area contributed by atoms with E-state index in [9.17, 15) is 9.90 Å². The van der Waals surface area contributed by atoms with Gasteiger partial charge in [-0.25, -0.2) is 0 Å². The fraction of sp³-hybridized carbons (Fsp3) is 0.533. The van der Waals surface area contributed by atoms with E-state index in [1.807, 2.05) is 26.8 Å². The lowest BCUT2D eigenvalue weighted by Gasteiger charge is -2.12. The van der Waals surface area contributed by atoms with Crippen LogP contribution in [-0.4, -0.2) is 24.2 Å². The number of carbonyl (C=O) groups is 1. The molecule has 0 saturated heterocycles. The lowest BCUT2D eigenvalue weighted by Crippen LogP contribution is -2.31. The molecule has 0 radical (unpaired) electrons. The Morgan fingerprint density at radius 2 is 2.05 bits per heavy atom. The van der Waals surface area contributed by atoms with Gasteiger partial charge in [0.25, 0.3) is 5.91 Å². The van der Waals surface area contributed by atoms with E-state index in [0.717, 1.165) is 11.1 Å². The molecule has 1 rings (SSSR count). The molecule has 0 unspecified atom stereocenters. The van der Waals surface area contributed by atoms with Gasteiger partial charge in [0, 0.05) is 6.54 Å². The van der Waals surface area contributed by atoms with E-state index in [4.69, 9.17) is 4.74 Å². The number of ether oxygens (including phenoxy) is 1. The average Bonchev–Trinajstić information content (AvgIpc) is 2.34. The maximum absolute atomic E-state index is 11.5. The smallest absolute Gasteiger partial charge is 0.257 e. The Labute approximate surface area is 114 Å². The summed E-state index contributed by atoms with van der Waals surface area (Å²) in [7, 11) is 0. The van der Waals surface area contributed by atoms with Gasteiger partial charge in [-0.3, -0.25) is 4.79 Å². The van der Waals surface area contributed by atoms with Gasteiger partial charge in [0.2, 0.25) is 0 Å². The summed E-state index contributed by atoms with van der Waals surface area (Å²) in [6.45, 7) is 8.37. The van der Waals surface area contributed by atoms with Gasteiger partial charge < -0.3 is 15.2 Å². The third-order valence-corrected chi connectivity index (χ3v) is 2.75. The van der Waals surface area contributed by atoms with E-state index in [2.05, 4.69) is 5.32 Å². The highest BCUT2D eigenvalue weighted by Crippen LogP contribution is 2.22. The summed E-state index contributed by atoms with van der Waals surface area (Å²) >= 11 is 0. The number of aliphatic hydroxyl groups excluding tert-OH is 1. The second kappa shape index (κ2) is 7.14. The minimum Gasteiger partial charge on any atom is -0.484 e. The summed E-state index contributed by atoms with van der Waals surface area (Å²) in [4.78, 5) is 11.5. The third kappa shape index (κ3) is 5.30. The van der Waals surface area contributed by atoms with E-state index >= 15 is 0 Å². The molecule has 1 atom stereocenters. The molecule has 106 valence electrons. The largest absolute Gasteiger partial charge is 0.484 e. The number of benzene rings is 1. The standard InChI is InChI=1S/C15H23NO3/c1-10(2)8-16-15(18)9-19-14-6-5-13(12(4)17)7-11(14)3/h5-7,10,12,17H,8-9H2,1-4H3,(H,16,18)/t12-/m0/s1. The monoisotopic (exact) mass is 265 g/mol. The van der Waals surface area contributed by atoms with Gasteiger partial charge in [0.1, 0.15) is 5.75 Å². The van der Waals surface area contributed by atoms with Crippen molar-refractivity contribution in [1.82, 2.24) is 5.32 Å². The summed E-state index contributed by atoms with van der Waals surface area (Å²) in [5, 5.41) is 12.3. The number of hydrogen-bond donors (Lipinski definition) is 2. The van der Waals surface area contributed by atoms with Crippen LogP contribution in [0.15, 0.2) is 18.2 Å². The Bertz CT molecular complexity index is 427. The van der Waals surface area contributed by atoms with Crippen molar-refractivity contribution in [1.29, 1.82) is 0 Å². The van der Waals surface area contributed by atoms with E-state index in [1.165, 1.54) is 0 Å². The highest BCUT2D eigenvalue weighted by Gasteiger charge is 2.07. The summed E-state index contributed by atoms with van der Waals surface area (Å²) in [6.07, 6.45) is -0.498. The fourth-order valence-electron chi connectivity index (χ4n) is 1.61. The maximum atomic E-state index is 11.5. The van der Waals surface area contributed by atoms with Crippen LogP contribution in [0.4, 0.5) is 0 Å². The predicted octanol–water partition coefficient (Wildman–Crippen LogP) is 2.20. The van der Waals surface area contributed by atoms with Crippen molar-refractivity contribution >= 4 is 5.91 Å². The van der Waals surface area contributed by atoms with Crippen molar-refractivity contribution in [2.45, 2.75) is 33.8 Å². The molecule has 0 aliphatic heterocycles. The molecule has 2 N–H and O–H groups in total. The Kier molecular flexibility index (Phi) is 5.83. The lowest BCUT2D eigenvalue weighted by atomic mass is 10.1. The van der Waals surface area contributed by atoms with E-state index < -0.39 is 6.10 Å². The molecular weight excluding hydrogens is 242 g/mol. The van der Waals surface area contributed by atoms with E-state index in [0.29, 0.717) is 18.2 Å². The zero-order valence-electron chi connectivity index (χ0n) is 12.1. The minimum absolute atomic E-state index is 0.0155. The molecule has 0 spiro atoms. The zero-order valence-corrected chi connectivity index (χ0v) is 12.1. The molecular formula is C15H23NO3. The molecule has 0 aromatic heterocycles. The Morgan fingerprint density at radius 1 is 1.37 bits per heavy atom. The SMILES string of the molecule is Cc1cc([C@H](C)O)ccc1OCC(=O)NCC(C)C. The normalized spacial score (nSPS) is 12.3. The number of aliphatic hydroxyl groups is 1. The number of aryl methyl sites for hydroxylation is 1. The molecule has 4 heteroatoms. The van der Waals surface area contributed by atoms with Crippen LogP contribution in [0.2, 0.25) is 0 Å².